The average molecular weight is 309 g/mol. The number of rotatable bonds is 4. The minimum absolute atomic E-state index is 0.0587. The molecular weight excluding hydrogens is 293 g/mol. The van der Waals surface area contributed by atoms with E-state index >= 15 is 0 Å². The number of pyridine rings is 1. The summed E-state index contributed by atoms with van der Waals surface area (Å²) in [6, 6.07) is 0.839. The maximum atomic E-state index is 12.4. The van der Waals surface area contributed by atoms with E-state index < -0.39 is 11.7 Å². The summed E-state index contributed by atoms with van der Waals surface area (Å²) in [5, 5.41) is 3.19. The van der Waals surface area contributed by atoms with Crippen LogP contribution in [0.2, 0.25) is 5.02 Å². The normalized spacial score (nSPS) is 19.9. The van der Waals surface area contributed by atoms with Crippen molar-refractivity contribution in [1.82, 2.24) is 10.3 Å². The van der Waals surface area contributed by atoms with Gasteiger partial charge in [0.05, 0.1) is 12.2 Å². The van der Waals surface area contributed by atoms with Crippen LogP contribution in [0.5, 0.6) is 5.88 Å². The van der Waals surface area contributed by atoms with Gasteiger partial charge in [0.1, 0.15) is 5.02 Å². The zero-order valence-electron chi connectivity index (χ0n) is 10.8. The second-order valence-electron chi connectivity index (χ2n) is 4.86. The Morgan fingerprint density at radius 3 is 2.85 bits per heavy atom. The molecule has 112 valence electrons. The van der Waals surface area contributed by atoms with Crippen LogP contribution in [0.1, 0.15) is 24.8 Å². The lowest BCUT2D eigenvalue weighted by molar-refractivity contribution is -0.137. The number of aromatic nitrogens is 1. The van der Waals surface area contributed by atoms with Crippen molar-refractivity contribution in [3.63, 3.8) is 0 Å². The molecule has 1 aromatic rings. The van der Waals surface area contributed by atoms with Crippen molar-refractivity contribution in [3.8, 4) is 5.88 Å². The molecule has 0 aliphatic carbocycles. The molecule has 1 aromatic heterocycles. The molecule has 1 fully saturated rings. The number of ether oxygens (including phenoxy) is 1. The van der Waals surface area contributed by atoms with E-state index in [0.717, 1.165) is 44.6 Å². The summed E-state index contributed by atoms with van der Waals surface area (Å²) < 4.78 is 42.7. The lowest BCUT2D eigenvalue weighted by Crippen LogP contribution is -2.30. The Kier molecular flexibility index (Phi) is 5.10. The molecule has 3 nitrogen and oxygen atoms in total. The van der Waals surface area contributed by atoms with Gasteiger partial charge >= 0.3 is 6.18 Å². The third kappa shape index (κ3) is 4.24. The molecule has 0 radical (unpaired) electrons. The van der Waals surface area contributed by atoms with Gasteiger partial charge in [-0.05, 0) is 44.3 Å². The fourth-order valence-electron chi connectivity index (χ4n) is 2.18. The summed E-state index contributed by atoms with van der Waals surface area (Å²) in [5.74, 6) is 0.598. The molecular formula is C13H16ClF3N2O. The van der Waals surface area contributed by atoms with Crippen molar-refractivity contribution < 1.29 is 17.9 Å². The van der Waals surface area contributed by atoms with Gasteiger partial charge in [-0.15, -0.1) is 0 Å². The highest BCUT2D eigenvalue weighted by molar-refractivity contribution is 6.31. The van der Waals surface area contributed by atoms with E-state index in [0.29, 0.717) is 12.5 Å². The molecule has 0 amide bonds. The summed E-state index contributed by atoms with van der Waals surface area (Å²) in [7, 11) is 0. The Labute approximate surface area is 120 Å². The van der Waals surface area contributed by atoms with E-state index in [1.807, 2.05) is 0 Å². The number of halogens is 4. The van der Waals surface area contributed by atoms with Crippen molar-refractivity contribution >= 4 is 11.6 Å². The van der Waals surface area contributed by atoms with Gasteiger partial charge in [-0.3, -0.25) is 0 Å². The van der Waals surface area contributed by atoms with Gasteiger partial charge in [0.15, 0.2) is 0 Å². The molecule has 20 heavy (non-hydrogen) atoms. The van der Waals surface area contributed by atoms with Gasteiger partial charge in [-0.1, -0.05) is 11.6 Å². The molecule has 2 rings (SSSR count). The zero-order chi connectivity index (χ0) is 14.6. The quantitative estimate of drug-likeness (QED) is 0.924. The topological polar surface area (TPSA) is 34.1 Å². The summed E-state index contributed by atoms with van der Waals surface area (Å²) >= 11 is 5.76. The van der Waals surface area contributed by atoms with Crippen molar-refractivity contribution in [1.29, 1.82) is 0 Å². The standard InChI is InChI=1S/C13H16ClF3N2O/c14-11-6-10(13(15,16)17)8-19-12(11)20-5-3-9-2-1-4-18-7-9/h6,8-9,18H,1-5,7H2. The van der Waals surface area contributed by atoms with Crippen molar-refractivity contribution in [2.45, 2.75) is 25.4 Å². The molecule has 0 saturated carbocycles. The van der Waals surface area contributed by atoms with Crippen LogP contribution < -0.4 is 10.1 Å². The lowest BCUT2D eigenvalue weighted by atomic mass is 9.97. The Morgan fingerprint density at radius 2 is 2.25 bits per heavy atom. The van der Waals surface area contributed by atoms with Crippen molar-refractivity contribution in [3.05, 3.63) is 22.8 Å². The van der Waals surface area contributed by atoms with Gasteiger partial charge in [0.25, 0.3) is 0 Å². The third-order valence-electron chi connectivity index (χ3n) is 3.30. The molecule has 7 heteroatoms. The van der Waals surface area contributed by atoms with Gasteiger partial charge in [0.2, 0.25) is 5.88 Å². The first kappa shape index (κ1) is 15.4. The SMILES string of the molecule is FC(F)(F)c1cnc(OCCC2CCCNC2)c(Cl)c1. The largest absolute Gasteiger partial charge is 0.477 e. The highest BCUT2D eigenvalue weighted by Gasteiger charge is 2.31. The second kappa shape index (κ2) is 6.63. The minimum Gasteiger partial charge on any atom is -0.477 e. The summed E-state index contributed by atoms with van der Waals surface area (Å²) in [4.78, 5) is 3.64. The molecule has 1 N–H and O–H groups in total. The third-order valence-corrected chi connectivity index (χ3v) is 3.57. The monoisotopic (exact) mass is 308 g/mol. The molecule has 0 spiro atoms. The number of piperidine rings is 1. The average Bonchev–Trinajstić information content (AvgIpc) is 2.40. The molecule has 1 unspecified atom stereocenters. The van der Waals surface area contributed by atoms with E-state index in [9.17, 15) is 13.2 Å². The summed E-state index contributed by atoms with van der Waals surface area (Å²) in [6.07, 6.45) is -0.577. The molecule has 1 aliphatic heterocycles. The van der Waals surface area contributed by atoms with Gasteiger partial charge < -0.3 is 10.1 Å². The molecule has 1 saturated heterocycles. The first-order valence-corrected chi connectivity index (χ1v) is 6.91. The van der Waals surface area contributed by atoms with Crippen LogP contribution in [0, 0.1) is 5.92 Å². The van der Waals surface area contributed by atoms with Crippen LogP contribution in [0.25, 0.3) is 0 Å². The number of hydrogen-bond donors (Lipinski definition) is 1. The number of nitrogens with zero attached hydrogens (tertiary/aromatic N) is 1. The van der Waals surface area contributed by atoms with Crippen LogP contribution in [0.3, 0.4) is 0 Å². The van der Waals surface area contributed by atoms with Gasteiger partial charge in [0, 0.05) is 6.20 Å². The van der Waals surface area contributed by atoms with Gasteiger partial charge in [-0.2, -0.15) is 13.2 Å². The maximum absolute atomic E-state index is 12.4. The number of alkyl halides is 3. The Bertz CT molecular complexity index is 448. The fourth-order valence-corrected chi connectivity index (χ4v) is 2.40. The summed E-state index contributed by atoms with van der Waals surface area (Å²) in [6.45, 7) is 2.41. The van der Waals surface area contributed by atoms with Crippen LogP contribution in [0.4, 0.5) is 13.2 Å². The summed E-state index contributed by atoms with van der Waals surface area (Å²) in [5.41, 5.74) is -0.869. The van der Waals surface area contributed by atoms with Crippen molar-refractivity contribution in [2.24, 2.45) is 5.92 Å². The highest BCUT2D eigenvalue weighted by Crippen LogP contribution is 2.33. The molecule has 0 aromatic carbocycles. The van der Waals surface area contributed by atoms with E-state index in [4.69, 9.17) is 16.3 Å². The number of hydrogen-bond acceptors (Lipinski definition) is 3. The first-order chi connectivity index (χ1) is 9.47. The molecule has 1 aliphatic rings. The molecule has 1 atom stereocenters. The highest BCUT2D eigenvalue weighted by atomic mass is 35.5. The first-order valence-electron chi connectivity index (χ1n) is 6.53. The van der Waals surface area contributed by atoms with E-state index in [2.05, 4.69) is 10.3 Å². The molecule has 0 bridgehead atoms. The second-order valence-corrected chi connectivity index (χ2v) is 5.27. The van der Waals surface area contributed by atoms with Crippen LogP contribution in [0.15, 0.2) is 12.3 Å². The predicted molar refractivity (Wildman–Crippen MR) is 70.0 cm³/mol. The van der Waals surface area contributed by atoms with E-state index in [1.165, 1.54) is 0 Å². The fraction of sp³-hybridized carbons (Fsp3) is 0.615. The van der Waals surface area contributed by atoms with E-state index in [-0.39, 0.29) is 10.9 Å². The van der Waals surface area contributed by atoms with Crippen LogP contribution in [-0.2, 0) is 6.18 Å². The van der Waals surface area contributed by atoms with E-state index in [1.54, 1.807) is 0 Å². The van der Waals surface area contributed by atoms with Crippen LogP contribution >= 0.6 is 11.6 Å². The smallest absolute Gasteiger partial charge is 0.417 e. The van der Waals surface area contributed by atoms with Crippen LogP contribution in [-0.4, -0.2) is 24.7 Å². The Hall–Kier alpha value is -1.01. The maximum Gasteiger partial charge on any atom is 0.417 e. The lowest BCUT2D eigenvalue weighted by Gasteiger charge is -2.22. The van der Waals surface area contributed by atoms with Crippen molar-refractivity contribution in [2.75, 3.05) is 19.7 Å². The number of nitrogens with one attached hydrogen (secondary N) is 1. The Balaban J connectivity index is 1.86. The predicted octanol–water partition coefficient (Wildman–Crippen LogP) is 3.52. The zero-order valence-corrected chi connectivity index (χ0v) is 11.6. The minimum atomic E-state index is -4.44. The Morgan fingerprint density at radius 1 is 1.45 bits per heavy atom. The molecule has 2 heterocycles. The van der Waals surface area contributed by atoms with Gasteiger partial charge in [-0.25, -0.2) is 4.98 Å².